The summed E-state index contributed by atoms with van der Waals surface area (Å²) in [5.74, 6) is -0.599. The molecule has 11 nitrogen and oxygen atoms in total. The van der Waals surface area contributed by atoms with Gasteiger partial charge in [-0.1, -0.05) is 6.07 Å². The zero-order chi connectivity index (χ0) is 34.1. The van der Waals surface area contributed by atoms with Crippen LogP contribution in [0.5, 0.6) is 0 Å². The van der Waals surface area contributed by atoms with Gasteiger partial charge in [-0.25, -0.2) is 32.6 Å². The highest BCUT2D eigenvalue weighted by Crippen LogP contribution is 2.35. The first kappa shape index (κ1) is 33.8. The molecule has 16 heteroatoms. The Balaban J connectivity index is 1.27. The second-order valence-electron chi connectivity index (χ2n) is 12.3. The summed E-state index contributed by atoms with van der Waals surface area (Å²) in [7, 11) is -4.82. The van der Waals surface area contributed by atoms with E-state index in [-0.39, 0.29) is 12.1 Å². The average Bonchev–Trinajstić information content (AvgIpc) is 2.98. The summed E-state index contributed by atoms with van der Waals surface area (Å²) < 4.78 is 87.9. The normalized spacial score (nSPS) is 17.3. The summed E-state index contributed by atoms with van der Waals surface area (Å²) in [6.07, 6.45) is 0.647. The quantitative estimate of drug-likeness (QED) is 0.184. The van der Waals surface area contributed by atoms with Gasteiger partial charge in [-0.05, 0) is 83.2 Å². The van der Waals surface area contributed by atoms with E-state index in [0.29, 0.717) is 40.5 Å². The van der Waals surface area contributed by atoms with Crippen molar-refractivity contribution >= 4 is 38.8 Å². The number of amides is 1. The molecule has 0 atom stereocenters. The Bertz CT molecular complexity index is 1910. The monoisotopic (exact) mass is 675 g/mol. The van der Waals surface area contributed by atoms with Crippen LogP contribution < -0.4 is 15.4 Å². The van der Waals surface area contributed by atoms with E-state index in [9.17, 15) is 26.4 Å². The van der Waals surface area contributed by atoms with Gasteiger partial charge in [-0.15, -0.1) is 0 Å². The molecular weight excluding hydrogens is 642 g/mol. The molecule has 5 rings (SSSR count). The maximum atomic E-state index is 15.1. The Morgan fingerprint density at radius 3 is 2.34 bits per heavy atom. The van der Waals surface area contributed by atoms with E-state index in [1.807, 2.05) is 32.4 Å². The van der Waals surface area contributed by atoms with E-state index in [0.717, 1.165) is 49.6 Å². The Labute approximate surface area is 268 Å². The minimum atomic E-state index is -4.96. The molecule has 250 valence electrons. The number of carbonyl (C=O) groups excluding carboxylic acids is 1. The molecule has 1 saturated carbocycles. The lowest BCUT2D eigenvalue weighted by Gasteiger charge is -2.30. The number of halogens is 4. The second kappa shape index (κ2) is 12.9. The molecular formula is C31H33F4N7O4S. The zero-order valence-corrected chi connectivity index (χ0v) is 26.8. The summed E-state index contributed by atoms with van der Waals surface area (Å²) in [6, 6.07) is 5.88. The Kier molecular flexibility index (Phi) is 9.26. The van der Waals surface area contributed by atoms with Crippen molar-refractivity contribution in [2.24, 2.45) is 0 Å². The van der Waals surface area contributed by atoms with E-state index in [1.54, 1.807) is 12.3 Å². The highest BCUT2D eigenvalue weighted by molar-refractivity contribution is 7.92. The first-order valence-corrected chi connectivity index (χ1v) is 16.2. The number of pyridine rings is 2. The van der Waals surface area contributed by atoms with Gasteiger partial charge in [-0.3, -0.25) is 9.71 Å². The number of sulfonamides is 1. The molecule has 0 unspecified atom stereocenters. The predicted octanol–water partition coefficient (Wildman–Crippen LogP) is 6.60. The number of nitrogens with one attached hydrogen (secondary N) is 3. The summed E-state index contributed by atoms with van der Waals surface area (Å²) >= 11 is 0. The standard InChI is InChI=1S/C31H33F4N7O4S/c1-17-13-24(18-5-10-23(22(32)14-18)42-47(44,45)26-16-36-12-11-21(26)31(33,34)35)40-25-15-37-28(41-27(17)25)38-19-6-8-20(9-7-19)39-29(43)46-30(2,3)4/h5,10-16,19-20,42H,6-9H2,1-4H3,(H,39,43)(H,37,38,41). The largest absolute Gasteiger partial charge is 0.444 e. The van der Waals surface area contributed by atoms with Gasteiger partial charge in [0.15, 0.2) is 0 Å². The van der Waals surface area contributed by atoms with E-state index in [1.165, 1.54) is 6.07 Å². The number of aromatic nitrogens is 4. The molecule has 0 aliphatic heterocycles. The topological polar surface area (TPSA) is 148 Å². The predicted molar refractivity (Wildman–Crippen MR) is 167 cm³/mol. The number of hydrogen-bond acceptors (Lipinski definition) is 9. The lowest BCUT2D eigenvalue weighted by atomic mass is 9.91. The molecule has 1 aromatic carbocycles. The Hall–Kier alpha value is -4.60. The maximum Gasteiger partial charge on any atom is 0.417 e. The number of nitrogens with zero attached hydrogens (tertiary/aromatic N) is 4. The lowest BCUT2D eigenvalue weighted by molar-refractivity contribution is -0.140. The van der Waals surface area contributed by atoms with Crippen LogP contribution in [-0.2, 0) is 20.9 Å². The average molecular weight is 676 g/mol. The Morgan fingerprint density at radius 1 is 0.979 bits per heavy atom. The van der Waals surface area contributed by atoms with E-state index < -0.39 is 49.9 Å². The number of carbonyl (C=O) groups is 1. The molecule has 1 fully saturated rings. The van der Waals surface area contributed by atoms with Crippen molar-refractivity contribution in [2.75, 3.05) is 10.0 Å². The number of hydrogen-bond donors (Lipinski definition) is 3. The first-order chi connectivity index (χ1) is 22.0. The third-order valence-electron chi connectivity index (χ3n) is 7.41. The van der Waals surface area contributed by atoms with Crippen LogP contribution in [0.1, 0.15) is 57.6 Å². The highest BCUT2D eigenvalue weighted by Gasteiger charge is 2.37. The van der Waals surface area contributed by atoms with Crippen LogP contribution >= 0.6 is 0 Å². The minimum absolute atomic E-state index is 0.0211. The van der Waals surface area contributed by atoms with E-state index in [2.05, 4.69) is 30.6 Å². The molecule has 47 heavy (non-hydrogen) atoms. The molecule has 4 aromatic rings. The second-order valence-corrected chi connectivity index (χ2v) is 13.9. The molecule has 0 spiro atoms. The van der Waals surface area contributed by atoms with Crippen molar-refractivity contribution in [1.29, 1.82) is 0 Å². The fraction of sp³-hybridized carbons (Fsp3) is 0.387. The van der Waals surface area contributed by atoms with Gasteiger partial charge in [0.05, 0.1) is 28.7 Å². The molecule has 1 aliphatic rings. The van der Waals surface area contributed by atoms with Gasteiger partial charge in [0, 0.05) is 30.0 Å². The van der Waals surface area contributed by atoms with Crippen LogP contribution in [0.4, 0.5) is 34.0 Å². The molecule has 1 aliphatic carbocycles. The van der Waals surface area contributed by atoms with Crippen LogP contribution in [0.25, 0.3) is 22.3 Å². The molecule has 3 aromatic heterocycles. The molecule has 1 amide bonds. The fourth-order valence-corrected chi connectivity index (χ4v) is 6.46. The molecule has 3 heterocycles. The van der Waals surface area contributed by atoms with Gasteiger partial charge >= 0.3 is 12.3 Å². The zero-order valence-electron chi connectivity index (χ0n) is 25.9. The highest BCUT2D eigenvalue weighted by atomic mass is 32.2. The number of aryl methyl sites for hydroxylation is 1. The SMILES string of the molecule is Cc1cc(-c2ccc(NS(=O)(=O)c3cnccc3C(F)(F)F)c(F)c2)nc2cnc(NC3CCC(NC(=O)OC(C)(C)C)CC3)nc12. The molecule has 0 bridgehead atoms. The van der Waals surface area contributed by atoms with Gasteiger partial charge in [0.1, 0.15) is 21.8 Å². The first-order valence-electron chi connectivity index (χ1n) is 14.7. The molecule has 0 radical (unpaired) electrons. The number of anilines is 2. The summed E-state index contributed by atoms with van der Waals surface area (Å²) in [6.45, 7) is 7.25. The van der Waals surface area contributed by atoms with Crippen molar-refractivity contribution in [3.05, 3.63) is 65.9 Å². The van der Waals surface area contributed by atoms with Crippen molar-refractivity contribution in [2.45, 2.75) is 82.1 Å². The number of fused-ring (bicyclic) bond motifs is 1. The third kappa shape index (κ3) is 8.22. The summed E-state index contributed by atoms with van der Waals surface area (Å²) in [5, 5.41) is 6.27. The van der Waals surface area contributed by atoms with Crippen LogP contribution in [0.3, 0.4) is 0 Å². The van der Waals surface area contributed by atoms with Gasteiger partial charge in [0.2, 0.25) is 5.95 Å². The summed E-state index contributed by atoms with van der Waals surface area (Å²) in [4.78, 5) is 28.0. The number of rotatable bonds is 7. The van der Waals surface area contributed by atoms with Crippen molar-refractivity contribution in [1.82, 2.24) is 25.3 Å². The van der Waals surface area contributed by atoms with Crippen LogP contribution in [-0.4, -0.2) is 52.1 Å². The van der Waals surface area contributed by atoms with Crippen molar-refractivity contribution in [3.63, 3.8) is 0 Å². The third-order valence-corrected chi connectivity index (χ3v) is 8.80. The number of alkyl carbamates (subject to hydrolysis) is 1. The molecule has 3 N–H and O–H groups in total. The summed E-state index contributed by atoms with van der Waals surface area (Å²) in [5.41, 5.74) is -0.134. The lowest BCUT2D eigenvalue weighted by Crippen LogP contribution is -2.42. The van der Waals surface area contributed by atoms with Gasteiger partial charge < -0.3 is 15.4 Å². The number of ether oxygens (including phenoxy) is 1. The number of benzene rings is 1. The fourth-order valence-electron chi connectivity index (χ4n) is 5.22. The van der Waals surface area contributed by atoms with Crippen molar-refractivity contribution < 1.29 is 35.5 Å². The van der Waals surface area contributed by atoms with Gasteiger partial charge in [0.25, 0.3) is 10.0 Å². The molecule has 0 saturated heterocycles. The van der Waals surface area contributed by atoms with E-state index >= 15 is 4.39 Å². The smallest absolute Gasteiger partial charge is 0.417 e. The van der Waals surface area contributed by atoms with Crippen LogP contribution in [0.15, 0.2) is 53.8 Å². The van der Waals surface area contributed by atoms with Crippen LogP contribution in [0.2, 0.25) is 0 Å². The van der Waals surface area contributed by atoms with Crippen LogP contribution in [0, 0.1) is 12.7 Å². The van der Waals surface area contributed by atoms with E-state index in [4.69, 9.17) is 4.74 Å². The number of alkyl halides is 3. The van der Waals surface area contributed by atoms with Crippen molar-refractivity contribution in [3.8, 4) is 11.3 Å². The Morgan fingerprint density at radius 2 is 1.68 bits per heavy atom. The maximum absolute atomic E-state index is 15.1. The van der Waals surface area contributed by atoms with Gasteiger partial charge in [-0.2, -0.15) is 13.2 Å². The minimum Gasteiger partial charge on any atom is -0.444 e.